The molecule has 0 saturated heterocycles. The van der Waals surface area contributed by atoms with Crippen molar-refractivity contribution in [3.8, 4) is 0 Å². The summed E-state index contributed by atoms with van der Waals surface area (Å²) in [4.78, 5) is 12.0. The third-order valence-corrected chi connectivity index (χ3v) is 3.45. The third kappa shape index (κ3) is 3.24. The summed E-state index contributed by atoms with van der Waals surface area (Å²) in [7, 11) is 0. The van der Waals surface area contributed by atoms with Crippen molar-refractivity contribution in [1.82, 2.24) is 15.0 Å². The minimum absolute atomic E-state index is 0.0691. The molecule has 0 aliphatic heterocycles. The molecule has 0 aliphatic rings. The summed E-state index contributed by atoms with van der Waals surface area (Å²) < 4.78 is 15.1. The maximum Gasteiger partial charge on any atom is 0.189 e. The van der Waals surface area contributed by atoms with E-state index in [0.717, 1.165) is 0 Å². The molecular weight excluding hydrogens is 315 g/mol. The van der Waals surface area contributed by atoms with E-state index in [-0.39, 0.29) is 17.9 Å². The lowest BCUT2D eigenvalue weighted by Gasteiger charge is -2.02. The van der Waals surface area contributed by atoms with Crippen LogP contribution in [0.25, 0.3) is 0 Å². The second-order valence-electron chi connectivity index (χ2n) is 3.97. The first-order valence-electron chi connectivity index (χ1n) is 5.68. The number of rotatable bonds is 5. The molecule has 0 unspecified atom stereocenters. The summed E-state index contributed by atoms with van der Waals surface area (Å²) in [6, 6.07) is 4.58. The Bertz CT molecular complexity index is 599. The first kappa shape index (κ1) is 13.8. The highest BCUT2D eigenvalue weighted by Crippen LogP contribution is 2.21. The Hall–Kier alpha value is -1.60. The van der Waals surface area contributed by atoms with Gasteiger partial charge in [-0.2, -0.15) is 0 Å². The molecule has 1 aromatic heterocycles. The van der Waals surface area contributed by atoms with Gasteiger partial charge in [0.25, 0.3) is 0 Å². The van der Waals surface area contributed by atoms with Gasteiger partial charge in [-0.05, 0) is 27.6 Å². The highest BCUT2D eigenvalue weighted by molar-refractivity contribution is 9.10. The van der Waals surface area contributed by atoms with E-state index < -0.39 is 5.82 Å². The van der Waals surface area contributed by atoms with Crippen LogP contribution >= 0.6 is 15.9 Å². The molecule has 7 heteroatoms. The second kappa shape index (κ2) is 6.03. The number of halogens is 2. The Kier molecular flexibility index (Phi) is 4.39. The van der Waals surface area contributed by atoms with E-state index in [0.29, 0.717) is 23.1 Å². The fourth-order valence-corrected chi connectivity index (χ4v) is 2.02. The summed E-state index contributed by atoms with van der Waals surface area (Å²) in [5.41, 5.74) is 6.22. The standard InChI is InChI=1S/C12H12BrFN4O/c13-12-8(2-1-3-9(12)14)6-11(19)10-7-18(5-4-15)17-16-10/h1-3,7H,4-6,15H2. The van der Waals surface area contributed by atoms with E-state index >= 15 is 0 Å². The monoisotopic (exact) mass is 326 g/mol. The fraction of sp³-hybridized carbons (Fsp3) is 0.250. The van der Waals surface area contributed by atoms with Gasteiger partial charge in [-0.25, -0.2) is 4.39 Å². The average molecular weight is 327 g/mol. The minimum atomic E-state index is -0.392. The van der Waals surface area contributed by atoms with Crippen molar-refractivity contribution in [3.63, 3.8) is 0 Å². The Balaban J connectivity index is 2.14. The molecule has 100 valence electrons. The zero-order chi connectivity index (χ0) is 13.8. The summed E-state index contributed by atoms with van der Waals surface area (Å²) in [6.07, 6.45) is 1.61. The van der Waals surface area contributed by atoms with Crippen LogP contribution in [0.1, 0.15) is 16.1 Å². The van der Waals surface area contributed by atoms with Gasteiger partial charge < -0.3 is 5.73 Å². The van der Waals surface area contributed by atoms with Crippen LogP contribution in [-0.4, -0.2) is 27.3 Å². The third-order valence-electron chi connectivity index (χ3n) is 2.57. The number of carbonyl (C=O) groups is 1. The zero-order valence-corrected chi connectivity index (χ0v) is 11.6. The predicted octanol–water partition coefficient (Wildman–Crippen LogP) is 1.56. The van der Waals surface area contributed by atoms with Crippen LogP contribution in [0.15, 0.2) is 28.9 Å². The van der Waals surface area contributed by atoms with E-state index in [9.17, 15) is 9.18 Å². The van der Waals surface area contributed by atoms with Crippen LogP contribution in [-0.2, 0) is 13.0 Å². The van der Waals surface area contributed by atoms with E-state index in [1.165, 1.54) is 10.7 Å². The smallest absolute Gasteiger partial charge is 0.189 e. The van der Waals surface area contributed by atoms with E-state index in [1.807, 2.05) is 0 Å². The van der Waals surface area contributed by atoms with Crippen molar-refractivity contribution in [2.75, 3.05) is 6.54 Å². The number of nitrogens with two attached hydrogens (primary N) is 1. The molecule has 0 aliphatic carbocycles. The molecule has 0 amide bonds. The SMILES string of the molecule is NCCn1cc(C(=O)Cc2cccc(F)c2Br)nn1. The summed E-state index contributed by atoms with van der Waals surface area (Å²) in [5, 5.41) is 7.57. The molecule has 2 rings (SSSR count). The van der Waals surface area contributed by atoms with Gasteiger partial charge >= 0.3 is 0 Å². The van der Waals surface area contributed by atoms with Gasteiger partial charge in [0, 0.05) is 13.0 Å². The first-order valence-corrected chi connectivity index (χ1v) is 6.47. The number of aromatic nitrogens is 3. The molecule has 19 heavy (non-hydrogen) atoms. The van der Waals surface area contributed by atoms with Crippen LogP contribution in [0.3, 0.4) is 0 Å². The minimum Gasteiger partial charge on any atom is -0.329 e. The quantitative estimate of drug-likeness (QED) is 0.846. The maximum atomic E-state index is 13.3. The Morgan fingerprint density at radius 2 is 2.26 bits per heavy atom. The van der Waals surface area contributed by atoms with Gasteiger partial charge in [0.2, 0.25) is 0 Å². The van der Waals surface area contributed by atoms with E-state index in [1.54, 1.807) is 18.3 Å². The average Bonchev–Trinajstić information content (AvgIpc) is 2.84. The van der Waals surface area contributed by atoms with Crippen molar-refractivity contribution in [1.29, 1.82) is 0 Å². The lowest BCUT2D eigenvalue weighted by molar-refractivity contribution is 0.0988. The second-order valence-corrected chi connectivity index (χ2v) is 4.76. The number of ketones is 1. The Morgan fingerprint density at radius 3 is 3.00 bits per heavy atom. The normalized spacial score (nSPS) is 10.7. The molecule has 1 aromatic carbocycles. The van der Waals surface area contributed by atoms with Gasteiger partial charge in [0.1, 0.15) is 11.5 Å². The molecular formula is C12H12BrFN4O. The molecule has 2 aromatic rings. The van der Waals surface area contributed by atoms with Crippen molar-refractivity contribution in [3.05, 3.63) is 45.9 Å². The molecule has 0 radical (unpaired) electrons. The largest absolute Gasteiger partial charge is 0.329 e. The Labute approximate surface area is 117 Å². The number of Topliss-reactive ketones (excluding diaryl/α,β-unsaturated/α-hetero) is 1. The number of hydrogen-bond acceptors (Lipinski definition) is 4. The van der Waals surface area contributed by atoms with Gasteiger partial charge in [0.15, 0.2) is 5.78 Å². The zero-order valence-electron chi connectivity index (χ0n) is 10.0. The van der Waals surface area contributed by atoms with Crippen LogP contribution in [0, 0.1) is 5.82 Å². The molecule has 0 saturated carbocycles. The number of nitrogens with zero attached hydrogens (tertiary/aromatic N) is 3. The van der Waals surface area contributed by atoms with E-state index in [2.05, 4.69) is 26.2 Å². The van der Waals surface area contributed by atoms with Crippen LogP contribution in [0.4, 0.5) is 4.39 Å². The molecule has 0 fully saturated rings. The fourth-order valence-electron chi connectivity index (χ4n) is 1.62. The van der Waals surface area contributed by atoms with Gasteiger partial charge in [-0.15, -0.1) is 5.10 Å². The van der Waals surface area contributed by atoms with Gasteiger partial charge in [0.05, 0.1) is 17.2 Å². The topological polar surface area (TPSA) is 73.8 Å². The molecule has 2 N–H and O–H groups in total. The van der Waals surface area contributed by atoms with Crippen molar-refractivity contribution >= 4 is 21.7 Å². The van der Waals surface area contributed by atoms with E-state index in [4.69, 9.17) is 5.73 Å². The highest BCUT2D eigenvalue weighted by Gasteiger charge is 2.14. The highest BCUT2D eigenvalue weighted by atomic mass is 79.9. The first-order chi connectivity index (χ1) is 9.11. The maximum absolute atomic E-state index is 13.3. The molecule has 0 atom stereocenters. The lowest BCUT2D eigenvalue weighted by atomic mass is 10.1. The van der Waals surface area contributed by atoms with Gasteiger partial charge in [-0.3, -0.25) is 9.48 Å². The van der Waals surface area contributed by atoms with Crippen molar-refractivity contribution in [2.45, 2.75) is 13.0 Å². The lowest BCUT2D eigenvalue weighted by Crippen LogP contribution is -2.10. The predicted molar refractivity (Wildman–Crippen MR) is 71.2 cm³/mol. The Morgan fingerprint density at radius 1 is 1.47 bits per heavy atom. The van der Waals surface area contributed by atoms with Gasteiger partial charge in [-0.1, -0.05) is 17.3 Å². The number of hydrogen-bond donors (Lipinski definition) is 1. The summed E-state index contributed by atoms with van der Waals surface area (Å²) in [6.45, 7) is 0.927. The molecule has 5 nitrogen and oxygen atoms in total. The van der Waals surface area contributed by atoms with Crippen LogP contribution < -0.4 is 5.73 Å². The molecule has 1 heterocycles. The van der Waals surface area contributed by atoms with Crippen LogP contribution in [0.5, 0.6) is 0 Å². The van der Waals surface area contributed by atoms with Crippen LogP contribution in [0.2, 0.25) is 0 Å². The molecule has 0 spiro atoms. The number of carbonyl (C=O) groups excluding carboxylic acids is 1. The number of benzene rings is 1. The van der Waals surface area contributed by atoms with Crippen molar-refractivity contribution < 1.29 is 9.18 Å². The summed E-state index contributed by atoms with van der Waals surface area (Å²) >= 11 is 3.13. The molecule has 0 bridgehead atoms. The summed E-state index contributed by atoms with van der Waals surface area (Å²) in [5.74, 6) is -0.605. The van der Waals surface area contributed by atoms with Crippen molar-refractivity contribution in [2.24, 2.45) is 5.73 Å².